The summed E-state index contributed by atoms with van der Waals surface area (Å²) in [6, 6.07) is 4.56. The van der Waals surface area contributed by atoms with Crippen LogP contribution in [0.15, 0.2) is 24.3 Å². The van der Waals surface area contributed by atoms with Crippen molar-refractivity contribution in [1.82, 2.24) is 15.5 Å². The normalized spacial score (nSPS) is 20.2. The van der Waals surface area contributed by atoms with E-state index in [0.29, 0.717) is 5.56 Å². The average molecular weight is 355 g/mol. The number of nitrogens with one attached hydrogen (secondary N) is 2. The summed E-state index contributed by atoms with van der Waals surface area (Å²) in [6.45, 7) is 1.65. The molecule has 1 saturated heterocycles. The van der Waals surface area contributed by atoms with Crippen LogP contribution in [0, 0.1) is 0 Å². The molecule has 0 spiro atoms. The highest BCUT2D eigenvalue weighted by Crippen LogP contribution is 2.30. The topological polar surface area (TPSA) is 87.7 Å². The predicted octanol–water partition coefficient (Wildman–Crippen LogP) is 1.58. The Balaban J connectivity index is 2.17. The van der Waals surface area contributed by atoms with Gasteiger partial charge in [-0.1, -0.05) is 12.1 Å². The van der Waals surface area contributed by atoms with Gasteiger partial charge in [0, 0.05) is 6.04 Å². The third-order valence-corrected chi connectivity index (χ3v) is 3.68. The number of imide groups is 1. The average Bonchev–Trinajstić information content (AvgIpc) is 2.71. The molecular formula is C16H19F2N3O4. The van der Waals surface area contributed by atoms with E-state index in [1.54, 1.807) is 13.8 Å². The summed E-state index contributed by atoms with van der Waals surface area (Å²) in [5.74, 6) is -1.12. The van der Waals surface area contributed by atoms with Gasteiger partial charge in [0.25, 0.3) is 5.91 Å². The quantitative estimate of drug-likeness (QED) is 0.759. The minimum atomic E-state index is -2.95. The van der Waals surface area contributed by atoms with Crippen molar-refractivity contribution in [3.05, 3.63) is 29.8 Å². The summed E-state index contributed by atoms with van der Waals surface area (Å²) in [6.07, 6.45) is 0. The molecule has 0 bridgehead atoms. The lowest BCUT2D eigenvalue weighted by Gasteiger charge is -2.22. The number of benzene rings is 1. The summed E-state index contributed by atoms with van der Waals surface area (Å²) < 4.78 is 28.6. The zero-order chi connectivity index (χ0) is 18.8. The van der Waals surface area contributed by atoms with Gasteiger partial charge in [-0.2, -0.15) is 8.78 Å². The number of rotatable bonds is 6. The molecule has 0 unspecified atom stereocenters. The Labute approximate surface area is 143 Å². The Kier molecular flexibility index (Phi) is 5.24. The molecule has 136 valence electrons. The Hall–Kier alpha value is -2.71. The predicted molar refractivity (Wildman–Crippen MR) is 83.9 cm³/mol. The third-order valence-electron chi connectivity index (χ3n) is 3.68. The smallest absolute Gasteiger partial charge is 0.387 e. The number of carbonyl (C=O) groups excluding carboxylic acids is 3. The van der Waals surface area contributed by atoms with Gasteiger partial charge in [0.2, 0.25) is 5.91 Å². The lowest BCUT2D eigenvalue weighted by Crippen LogP contribution is -2.44. The molecule has 0 saturated carbocycles. The number of nitrogens with zero attached hydrogens (tertiary/aromatic N) is 1. The van der Waals surface area contributed by atoms with Crippen LogP contribution in [0.5, 0.6) is 5.75 Å². The molecule has 1 fully saturated rings. The van der Waals surface area contributed by atoms with Crippen molar-refractivity contribution >= 4 is 17.8 Å². The Morgan fingerprint density at radius 3 is 2.40 bits per heavy atom. The highest BCUT2D eigenvalue weighted by Gasteiger charge is 2.49. The van der Waals surface area contributed by atoms with Crippen LogP contribution in [0.2, 0.25) is 0 Å². The Bertz CT molecular complexity index is 678. The molecular weight excluding hydrogens is 336 g/mol. The fraction of sp³-hybridized carbons (Fsp3) is 0.438. The summed E-state index contributed by atoms with van der Waals surface area (Å²) in [5.41, 5.74) is -1.00. The van der Waals surface area contributed by atoms with Gasteiger partial charge in [0.05, 0.1) is 0 Å². The van der Waals surface area contributed by atoms with E-state index < -0.39 is 36.5 Å². The number of alkyl halides is 2. The van der Waals surface area contributed by atoms with E-state index in [4.69, 9.17) is 0 Å². The molecule has 0 aromatic heterocycles. The molecule has 1 aliphatic rings. The van der Waals surface area contributed by atoms with Gasteiger partial charge in [-0.3, -0.25) is 14.5 Å². The number of hydrogen-bond acceptors (Lipinski definition) is 4. The fourth-order valence-corrected chi connectivity index (χ4v) is 2.52. The van der Waals surface area contributed by atoms with E-state index in [1.165, 1.54) is 31.2 Å². The molecule has 1 aromatic rings. The number of hydrogen-bond donors (Lipinski definition) is 2. The van der Waals surface area contributed by atoms with Gasteiger partial charge in [-0.15, -0.1) is 0 Å². The lowest BCUT2D eigenvalue weighted by molar-refractivity contribution is -0.135. The monoisotopic (exact) mass is 355 g/mol. The highest BCUT2D eigenvalue weighted by atomic mass is 19.3. The second kappa shape index (κ2) is 7.04. The van der Waals surface area contributed by atoms with Gasteiger partial charge in [0.15, 0.2) is 0 Å². The Morgan fingerprint density at radius 1 is 1.28 bits per heavy atom. The zero-order valence-electron chi connectivity index (χ0n) is 14.0. The molecule has 1 atom stereocenters. The molecule has 25 heavy (non-hydrogen) atoms. The van der Waals surface area contributed by atoms with Crippen LogP contribution < -0.4 is 15.4 Å². The highest BCUT2D eigenvalue weighted by molar-refractivity contribution is 6.09. The summed E-state index contributed by atoms with van der Waals surface area (Å²) in [4.78, 5) is 37.4. The molecule has 7 nitrogen and oxygen atoms in total. The lowest BCUT2D eigenvalue weighted by atomic mass is 9.92. The van der Waals surface area contributed by atoms with Gasteiger partial charge >= 0.3 is 12.6 Å². The van der Waals surface area contributed by atoms with Crippen molar-refractivity contribution < 1.29 is 27.9 Å². The second-order valence-electron chi connectivity index (χ2n) is 6.07. The first-order valence-corrected chi connectivity index (χ1v) is 7.62. The number of urea groups is 1. The maximum absolute atomic E-state index is 12.6. The van der Waals surface area contributed by atoms with Gasteiger partial charge in [-0.05, 0) is 38.5 Å². The summed E-state index contributed by atoms with van der Waals surface area (Å²) in [5, 5.41) is 5.14. The molecule has 9 heteroatoms. The van der Waals surface area contributed by atoms with E-state index in [-0.39, 0.29) is 11.8 Å². The van der Waals surface area contributed by atoms with Crippen molar-refractivity contribution in [2.24, 2.45) is 0 Å². The van der Waals surface area contributed by atoms with Crippen molar-refractivity contribution in [2.45, 2.75) is 39.0 Å². The van der Waals surface area contributed by atoms with Crippen LogP contribution >= 0.6 is 0 Å². The van der Waals surface area contributed by atoms with Crippen molar-refractivity contribution in [3.8, 4) is 5.75 Å². The number of amides is 4. The Morgan fingerprint density at radius 2 is 1.88 bits per heavy atom. The first-order valence-electron chi connectivity index (χ1n) is 7.62. The van der Waals surface area contributed by atoms with Crippen LogP contribution in [-0.4, -0.2) is 41.9 Å². The SMILES string of the molecule is CC(C)NC(=O)CN1C(=O)N[C@@](C)(c2ccc(OC(F)F)cc2)C1=O. The minimum Gasteiger partial charge on any atom is -0.435 e. The number of halogens is 2. The number of carbonyl (C=O) groups is 3. The molecule has 0 aliphatic carbocycles. The number of ether oxygens (including phenoxy) is 1. The van der Waals surface area contributed by atoms with Crippen molar-refractivity contribution in [2.75, 3.05) is 6.54 Å². The van der Waals surface area contributed by atoms with Crippen LogP contribution in [-0.2, 0) is 15.1 Å². The van der Waals surface area contributed by atoms with E-state index in [1.807, 2.05) is 0 Å². The minimum absolute atomic E-state index is 0.0627. The first-order chi connectivity index (χ1) is 11.6. The molecule has 2 rings (SSSR count). The van der Waals surface area contributed by atoms with Crippen LogP contribution in [0.25, 0.3) is 0 Å². The van der Waals surface area contributed by atoms with E-state index >= 15 is 0 Å². The van der Waals surface area contributed by atoms with Gasteiger partial charge in [-0.25, -0.2) is 4.79 Å². The van der Waals surface area contributed by atoms with Crippen LogP contribution in [0.1, 0.15) is 26.3 Å². The van der Waals surface area contributed by atoms with Crippen molar-refractivity contribution in [3.63, 3.8) is 0 Å². The van der Waals surface area contributed by atoms with Crippen molar-refractivity contribution in [1.29, 1.82) is 0 Å². The maximum atomic E-state index is 12.6. The summed E-state index contributed by atoms with van der Waals surface area (Å²) in [7, 11) is 0. The van der Waals surface area contributed by atoms with Crippen LogP contribution in [0.3, 0.4) is 0 Å². The molecule has 0 radical (unpaired) electrons. The largest absolute Gasteiger partial charge is 0.435 e. The van der Waals surface area contributed by atoms with Crippen LogP contribution in [0.4, 0.5) is 13.6 Å². The third kappa shape index (κ3) is 4.04. The second-order valence-corrected chi connectivity index (χ2v) is 6.07. The van der Waals surface area contributed by atoms with E-state index in [0.717, 1.165) is 4.90 Å². The van der Waals surface area contributed by atoms with E-state index in [9.17, 15) is 23.2 Å². The maximum Gasteiger partial charge on any atom is 0.387 e. The summed E-state index contributed by atoms with van der Waals surface area (Å²) >= 11 is 0. The molecule has 1 aromatic carbocycles. The fourth-order valence-electron chi connectivity index (χ4n) is 2.52. The van der Waals surface area contributed by atoms with Gasteiger partial charge < -0.3 is 15.4 Å². The van der Waals surface area contributed by atoms with Gasteiger partial charge in [0.1, 0.15) is 17.8 Å². The molecule has 2 N–H and O–H groups in total. The first kappa shape index (κ1) is 18.6. The van der Waals surface area contributed by atoms with E-state index in [2.05, 4.69) is 15.4 Å². The molecule has 4 amide bonds. The molecule has 1 heterocycles. The standard InChI is InChI=1S/C16H19F2N3O4/c1-9(2)19-12(22)8-21-13(23)16(3,20-15(21)24)10-4-6-11(7-5-10)25-14(17)18/h4-7,9,14H,8H2,1-3H3,(H,19,22)(H,20,24)/t16-/m0/s1. The molecule has 1 aliphatic heterocycles. The zero-order valence-corrected chi connectivity index (χ0v) is 14.0.